The fourth-order valence-corrected chi connectivity index (χ4v) is 1.93. The molecular weight excluding hydrogens is 214 g/mol. The van der Waals surface area contributed by atoms with Gasteiger partial charge in [-0.25, -0.2) is 5.84 Å². The molecule has 0 unspecified atom stereocenters. The first-order chi connectivity index (χ1) is 8.13. The van der Waals surface area contributed by atoms with Crippen LogP contribution in [0.15, 0.2) is 36.5 Å². The van der Waals surface area contributed by atoms with Gasteiger partial charge in [-0.2, -0.15) is 0 Å². The average molecular weight is 229 g/mol. The number of hydrogen-bond donors (Lipinski definition) is 2. The second-order valence-corrected chi connectivity index (χ2v) is 4.03. The minimum atomic E-state index is -0.296. The lowest BCUT2D eigenvalue weighted by Crippen LogP contribution is -2.31. The molecule has 1 aromatic heterocycles. The molecule has 0 aliphatic carbocycles. The van der Waals surface area contributed by atoms with Gasteiger partial charge in [-0.05, 0) is 37.6 Å². The Morgan fingerprint density at radius 2 is 2.06 bits per heavy atom. The number of rotatable bonds is 2. The van der Waals surface area contributed by atoms with Crippen LogP contribution in [0.2, 0.25) is 0 Å². The van der Waals surface area contributed by atoms with Crippen LogP contribution in [0.1, 0.15) is 21.6 Å². The van der Waals surface area contributed by atoms with E-state index in [0.29, 0.717) is 5.69 Å². The van der Waals surface area contributed by atoms with Crippen LogP contribution in [0.4, 0.5) is 0 Å². The highest BCUT2D eigenvalue weighted by molar-refractivity contribution is 5.93. The van der Waals surface area contributed by atoms with Gasteiger partial charge in [0.2, 0.25) is 0 Å². The van der Waals surface area contributed by atoms with Crippen molar-refractivity contribution in [2.45, 2.75) is 13.8 Å². The largest absolute Gasteiger partial charge is 0.312 e. The van der Waals surface area contributed by atoms with Crippen LogP contribution in [0.3, 0.4) is 0 Å². The number of hydrazine groups is 1. The number of amides is 1. The Balaban J connectivity index is 2.53. The van der Waals surface area contributed by atoms with Crippen LogP contribution in [0, 0.1) is 13.8 Å². The minimum Gasteiger partial charge on any atom is -0.312 e. The second kappa shape index (κ2) is 4.43. The molecule has 0 aliphatic heterocycles. The van der Waals surface area contributed by atoms with Crippen molar-refractivity contribution in [1.29, 1.82) is 0 Å². The summed E-state index contributed by atoms with van der Waals surface area (Å²) in [4.78, 5) is 11.6. The molecule has 4 nitrogen and oxygen atoms in total. The Bertz CT molecular complexity index is 558. The summed E-state index contributed by atoms with van der Waals surface area (Å²) in [5.74, 6) is 4.86. The Hall–Kier alpha value is -2.07. The fraction of sp³-hybridized carbons (Fsp3) is 0.154. The summed E-state index contributed by atoms with van der Waals surface area (Å²) in [6, 6.07) is 9.66. The van der Waals surface area contributed by atoms with Gasteiger partial charge in [0.05, 0.1) is 0 Å². The van der Waals surface area contributed by atoms with E-state index in [1.807, 2.05) is 42.8 Å². The lowest BCUT2D eigenvalue weighted by atomic mass is 10.1. The number of carbonyl (C=O) groups excluding carboxylic acids is 1. The number of hydrogen-bond acceptors (Lipinski definition) is 2. The van der Waals surface area contributed by atoms with Crippen LogP contribution in [0.25, 0.3) is 5.69 Å². The van der Waals surface area contributed by atoms with E-state index in [-0.39, 0.29) is 5.91 Å². The predicted molar refractivity (Wildman–Crippen MR) is 66.9 cm³/mol. The van der Waals surface area contributed by atoms with Gasteiger partial charge in [0, 0.05) is 11.9 Å². The van der Waals surface area contributed by atoms with Gasteiger partial charge in [0.25, 0.3) is 5.91 Å². The zero-order valence-electron chi connectivity index (χ0n) is 9.90. The number of aromatic nitrogens is 1. The summed E-state index contributed by atoms with van der Waals surface area (Å²) in [6.45, 7) is 4.06. The Labute approximate surface area is 100 Å². The summed E-state index contributed by atoms with van der Waals surface area (Å²) in [5.41, 5.74) is 5.98. The van der Waals surface area contributed by atoms with Crippen LogP contribution in [0.5, 0.6) is 0 Å². The van der Waals surface area contributed by atoms with Gasteiger partial charge < -0.3 is 4.57 Å². The van der Waals surface area contributed by atoms with Crippen molar-refractivity contribution < 1.29 is 4.79 Å². The molecular formula is C13H15N3O. The van der Waals surface area contributed by atoms with Gasteiger partial charge >= 0.3 is 0 Å². The first-order valence-corrected chi connectivity index (χ1v) is 5.39. The van der Waals surface area contributed by atoms with Crippen LogP contribution in [-0.2, 0) is 0 Å². The number of carbonyl (C=O) groups is 1. The fourth-order valence-electron chi connectivity index (χ4n) is 1.93. The molecule has 17 heavy (non-hydrogen) atoms. The first-order valence-electron chi connectivity index (χ1n) is 5.39. The maximum atomic E-state index is 11.6. The molecule has 1 heterocycles. The molecule has 0 atom stereocenters. The van der Waals surface area contributed by atoms with Crippen LogP contribution >= 0.6 is 0 Å². The molecule has 2 aromatic rings. The molecule has 1 amide bonds. The van der Waals surface area contributed by atoms with E-state index in [1.54, 1.807) is 6.07 Å². The lowest BCUT2D eigenvalue weighted by molar-refractivity contribution is 0.0947. The van der Waals surface area contributed by atoms with Gasteiger partial charge in [-0.15, -0.1) is 0 Å². The van der Waals surface area contributed by atoms with Crippen molar-refractivity contribution in [3.05, 3.63) is 53.3 Å². The Morgan fingerprint density at radius 3 is 2.71 bits per heavy atom. The van der Waals surface area contributed by atoms with Crippen LogP contribution in [-0.4, -0.2) is 10.5 Å². The summed E-state index contributed by atoms with van der Waals surface area (Å²) in [6.07, 6.45) is 1.85. The number of nitrogens with one attached hydrogen (secondary N) is 1. The third kappa shape index (κ3) is 2.07. The quantitative estimate of drug-likeness (QED) is 0.468. The molecule has 1 aromatic carbocycles. The van der Waals surface area contributed by atoms with E-state index >= 15 is 0 Å². The van der Waals surface area contributed by atoms with Crippen molar-refractivity contribution in [2.75, 3.05) is 0 Å². The molecule has 3 N–H and O–H groups in total. The van der Waals surface area contributed by atoms with Crippen molar-refractivity contribution in [2.24, 2.45) is 5.84 Å². The zero-order valence-corrected chi connectivity index (χ0v) is 9.90. The predicted octanol–water partition coefficient (Wildman–Crippen LogP) is 1.70. The van der Waals surface area contributed by atoms with Crippen molar-refractivity contribution in [3.8, 4) is 5.69 Å². The molecule has 0 spiro atoms. The number of nitrogens with two attached hydrogens (primary N) is 1. The molecule has 0 fully saturated rings. The van der Waals surface area contributed by atoms with Crippen LogP contribution < -0.4 is 11.3 Å². The molecule has 0 aliphatic rings. The molecule has 0 bridgehead atoms. The van der Waals surface area contributed by atoms with Gasteiger partial charge in [-0.3, -0.25) is 10.2 Å². The smallest absolute Gasteiger partial charge is 0.282 e. The van der Waals surface area contributed by atoms with Crippen molar-refractivity contribution in [1.82, 2.24) is 9.99 Å². The summed E-state index contributed by atoms with van der Waals surface area (Å²) >= 11 is 0. The van der Waals surface area contributed by atoms with Crippen molar-refractivity contribution in [3.63, 3.8) is 0 Å². The van der Waals surface area contributed by atoms with Gasteiger partial charge in [-0.1, -0.05) is 17.7 Å². The van der Waals surface area contributed by atoms with Crippen molar-refractivity contribution >= 4 is 5.91 Å². The van der Waals surface area contributed by atoms with Gasteiger partial charge in [0.1, 0.15) is 5.69 Å². The molecule has 4 heteroatoms. The number of aryl methyl sites for hydroxylation is 2. The maximum Gasteiger partial charge on any atom is 0.282 e. The minimum absolute atomic E-state index is 0.296. The first kappa shape index (κ1) is 11.4. The topological polar surface area (TPSA) is 60.0 Å². The van der Waals surface area contributed by atoms with Gasteiger partial charge in [0.15, 0.2) is 0 Å². The summed E-state index contributed by atoms with van der Waals surface area (Å²) in [5, 5.41) is 0. The molecule has 0 saturated carbocycles. The van der Waals surface area contributed by atoms with E-state index in [1.165, 1.54) is 5.56 Å². The van der Waals surface area contributed by atoms with E-state index < -0.39 is 0 Å². The third-order valence-corrected chi connectivity index (χ3v) is 2.72. The molecule has 0 saturated heterocycles. The number of benzene rings is 1. The normalized spacial score (nSPS) is 10.3. The van der Waals surface area contributed by atoms with E-state index in [2.05, 4.69) is 11.5 Å². The highest BCUT2D eigenvalue weighted by Crippen LogP contribution is 2.18. The summed E-state index contributed by atoms with van der Waals surface area (Å²) in [7, 11) is 0. The highest BCUT2D eigenvalue weighted by Gasteiger charge is 2.11. The zero-order chi connectivity index (χ0) is 12.4. The van der Waals surface area contributed by atoms with E-state index in [9.17, 15) is 4.79 Å². The second-order valence-electron chi connectivity index (χ2n) is 4.03. The summed E-state index contributed by atoms with van der Waals surface area (Å²) < 4.78 is 1.83. The SMILES string of the molecule is Cc1ccc(-n2cccc2C(=O)NN)c(C)c1. The number of nitrogen functional groups attached to an aromatic ring is 1. The Morgan fingerprint density at radius 1 is 1.29 bits per heavy atom. The average Bonchev–Trinajstić information content (AvgIpc) is 2.77. The molecule has 88 valence electrons. The van der Waals surface area contributed by atoms with E-state index in [4.69, 9.17) is 5.84 Å². The number of nitrogens with zero attached hydrogens (tertiary/aromatic N) is 1. The monoisotopic (exact) mass is 229 g/mol. The third-order valence-electron chi connectivity index (χ3n) is 2.72. The Kier molecular flexibility index (Phi) is 2.97. The lowest BCUT2D eigenvalue weighted by Gasteiger charge is -2.11. The highest BCUT2D eigenvalue weighted by atomic mass is 16.2. The van der Waals surface area contributed by atoms with E-state index in [0.717, 1.165) is 11.3 Å². The molecule has 2 rings (SSSR count). The maximum absolute atomic E-state index is 11.6. The standard InChI is InChI=1S/C13H15N3O/c1-9-5-6-11(10(2)8-9)16-7-3-4-12(16)13(17)15-14/h3-8H,14H2,1-2H3,(H,15,17). The molecule has 0 radical (unpaired) electrons.